The molecule has 3 nitrogen and oxygen atoms in total. The summed E-state index contributed by atoms with van der Waals surface area (Å²) < 4.78 is 69.8. The average molecular weight is 498 g/mol. The van der Waals surface area contributed by atoms with Crippen molar-refractivity contribution in [3.63, 3.8) is 0 Å². The lowest BCUT2D eigenvalue weighted by Gasteiger charge is -2.10. The van der Waals surface area contributed by atoms with Crippen molar-refractivity contribution in [2.24, 2.45) is 5.10 Å². The highest BCUT2D eigenvalue weighted by atomic mass is 35.5. The summed E-state index contributed by atoms with van der Waals surface area (Å²) in [6.45, 7) is 2.21. The summed E-state index contributed by atoms with van der Waals surface area (Å²) in [6.07, 6.45) is 1.26. The Hall–Kier alpha value is -3.10. The zero-order valence-corrected chi connectivity index (χ0v) is 18.4. The molecule has 170 valence electrons. The van der Waals surface area contributed by atoms with Crippen molar-refractivity contribution in [1.29, 1.82) is 0 Å². The molecule has 0 radical (unpaired) electrons. The van der Waals surface area contributed by atoms with E-state index < -0.39 is 34.8 Å². The van der Waals surface area contributed by atoms with E-state index >= 15 is 0 Å². The third-order valence-corrected chi connectivity index (χ3v) is 5.79. The maximum Gasteiger partial charge on any atom is 0.200 e. The number of para-hydroxylation sites is 1. The van der Waals surface area contributed by atoms with Crippen LogP contribution in [0, 0.1) is 36.0 Å². The van der Waals surface area contributed by atoms with Gasteiger partial charge in [-0.3, -0.25) is 5.43 Å². The number of halogens is 7. The van der Waals surface area contributed by atoms with Gasteiger partial charge in [0.2, 0.25) is 5.82 Å². The lowest BCUT2D eigenvalue weighted by Crippen LogP contribution is -2.07. The second-order valence-corrected chi connectivity index (χ2v) is 8.00. The maximum atomic E-state index is 13.9. The van der Waals surface area contributed by atoms with Crippen LogP contribution in [0.3, 0.4) is 0 Å². The third-order valence-electron chi connectivity index (χ3n) is 5.20. The predicted molar refractivity (Wildman–Crippen MR) is 120 cm³/mol. The van der Waals surface area contributed by atoms with E-state index in [2.05, 4.69) is 5.10 Å². The second kappa shape index (κ2) is 9.03. The lowest BCUT2D eigenvalue weighted by molar-refractivity contribution is 0.381. The summed E-state index contributed by atoms with van der Waals surface area (Å²) in [5.74, 6) is -10.3. The fourth-order valence-electron chi connectivity index (χ4n) is 3.51. The fraction of sp³-hybridized carbons (Fsp3) is 0.0870. The molecule has 3 aromatic carbocycles. The minimum absolute atomic E-state index is 0.404. The molecule has 0 bridgehead atoms. The molecule has 10 heteroatoms. The number of nitrogens with one attached hydrogen (secondary N) is 1. The molecule has 4 aromatic rings. The van der Waals surface area contributed by atoms with Crippen LogP contribution in [-0.4, -0.2) is 10.8 Å². The molecular formula is C23H14Cl2F5N3. The molecule has 0 spiro atoms. The highest BCUT2D eigenvalue weighted by Gasteiger charge is 2.25. The van der Waals surface area contributed by atoms with Crippen LogP contribution in [0.25, 0.3) is 10.9 Å². The Labute approximate surface area is 195 Å². The van der Waals surface area contributed by atoms with E-state index in [0.29, 0.717) is 22.2 Å². The standard InChI is InChI=1S/C23H14Cl2F5N3/c1-11-15(9-31-32-23-21(29)19(27)18(26)20(28)22(23)30)14-4-2-3-5-17(14)33(11)10-12-6-7-13(24)8-16(12)25/h2-9,32H,10H2,1H3. The van der Waals surface area contributed by atoms with Crippen LogP contribution >= 0.6 is 23.2 Å². The molecule has 0 saturated carbocycles. The Morgan fingerprint density at radius 2 is 1.55 bits per heavy atom. The number of benzene rings is 3. The minimum atomic E-state index is -2.24. The van der Waals surface area contributed by atoms with Gasteiger partial charge in [-0.1, -0.05) is 47.5 Å². The Morgan fingerprint density at radius 1 is 0.909 bits per heavy atom. The molecule has 0 atom stereocenters. The summed E-state index contributed by atoms with van der Waals surface area (Å²) >= 11 is 12.3. The van der Waals surface area contributed by atoms with Gasteiger partial charge in [-0.15, -0.1) is 0 Å². The van der Waals surface area contributed by atoms with Crippen LogP contribution < -0.4 is 5.43 Å². The molecule has 0 unspecified atom stereocenters. The van der Waals surface area contributed by atoms with Gasteiger partial charge in [0, 0.05) is 38.8 Å². The summed E-state index contributed by atoms with van der Waals surface area (Å²) in [6, 6.07) is 12.5. The van der Waals surface area contributed by atoms with Crippen molar-refractivity contribution in [1.82, 2.24) is 4.57 Å². The van der Waals surface area contributed by atoms with Crippen molar-refractivity contribution in [2.75, 3.05) is 5.43 Å². The van der Waals surface area contributed by atoms with Gasteiger partial charge in [0.15, 0.2) is 23.3 Å². The zero-order chi connectivity index (χ0) is 23.9. The highest BCUT2D eigenvalue weighted by molar-refractivity contribution is 6.35. The first-order valence-corrected chi connectivity index (χ1v) is 10.3. The van der Waals surface area contributed by atoms with E-state index in [1.807, 2.05) is 35.1 Å². The molecule has 1 heterocycles. The van der Waals surface area contributed by atoms with Crippen molar-refractivity contribution < 1.29 is 22.0 Å². The molecule has 4 rings (SSSR count). The Balaban J connectivity index is 1.73. The van der Waals surface area contributed by atoms with E-state index in [1.165, 1.54) is 6.21 Å². The van der Waals surface area contributed by atoms with Gasteiger partial charge < -0.3 is 4.57 Å². The number of anilines is 1. The third kappa shape index (κ3) is 4.16. The number of aromatic nitrogens is 1. The average Bonchev–Trinajstić information content (AvgIpc) is 3.06. The number of hydrogen-bond acceptors (Lipinski definition) is 2. The SMILES string of the molecule is Cc1c(C=NNc2c(F)c(F)c(F)c(F)c2F)c2ccccc2n1Cc1ccc(Cl)cc1Cl. The molecule has 0 aliphatic carbocycles. The van der Waals surface area contributed by atoms with E-state index in [-0.39, 0.29) is 0 Å². The van der Waals surface area contributed by atoms with Gasteiger partial charge in [-0.25, -0.2) is 22.0 Å². The van der Waals surface area contributed by atoms with Crippen LogP contribution in [0.2, 0.25) is 10.0 Å². The van der Waals surface area contributed by atoms with Gasteiger partial charge >= 0.3 is 0 Å². The number of hydrazone groups is 1. The van der Waals surface area contributed by atoms with Gasteiger partial charge in [-0.05, 0) is 30.7 Å². The van der Waals surface area contributed by atoms with Crippen molar-refractivity contribution in [3.05, 3.63) is 98.4 Å². The highest BCUT2D eigenvalue weighted by Crippen LogP contribution is 2.29. The fourth-order valence-corrected chi connectivity index (χ4v) is 3.98. The van der Waals surface area contributed by atoms with E-state index in [4.69, 9.17) is 23.2 Å². The summed E-state index contributed by atoms with van der Waals surface area (Å²) in [7, 11) is 0. The van der Waals surface area contributed by atoms with Gasteiger partial charge in [0.05, 0.1) is 6.21 Å². The molecule has 0 amide bonds. The number of nitrogens with zero attached hydrogens (tertiary/aromatic N) is 2. The predicted octanol–water partition coefficient (Wildman–Crippen LogP) is 7.45. The quantitative estimate of drug-likeness (QED) is 0.100. The van der Waals surface area contributed by atoms with Crippen LogP contribution in [0.4, 0.5) is 27.6 Å². The molecule has 0 fully saturated rings. The molecular weight excluding hydrogens is 484 g/mol. The zero-order valence-electron chi connectivity index (χ0n) is 16.9. The number of fused-ring (bicyclic) bond motifs is 1. The largest absolute Gasteiger partial charge is 0.340 e. The maximum absolute atomic E-state index is 13.9. The van der Waals surface area contributed by atoms with Crippen LogP contribution in [-0.2, 0) is 6.54 Å². The summed E-state index contributed by atoms with van der Waals surface area (Å²) in [5.41, 5.74) is 3.67. The summed E-state index contributed by atoms with van der Waals surface area (Å²) in [4.78, 5) is 0. The molecule has 0 aliphatic rings. The Kier molecular flexibility index (Phi) is 6.32. The van der Waals surface area contributed by atoms with Gasteiger partial charge in [0.1, 0.15) is 5.69 Å². The summed E-state index contributed by atoms with van der Waals surface area (Å²) in [5, 5.41) is 5.50. The van der Waals surface area contributed by atoms with Crippen molar-refractivity contribution in [2.45, 2.75) is 13.5 Å². The monoisotopic (exact) mass is 497 g/mol. The number of hydrogen-bond donors (Lipinski definition) is 1. The normalized spacial score (nSPS) is 11.6. The van der Waals surface area contributed by atoms with E-state index in [1.54, 1.807) is 24.3 Å². The first-order chi connectivity index (χ1) is 15.7. The van der Waals surface area contributed by atoms with Crippen LogP contribution in [0.1, 0.15) is 16.8 Å². The van der Waals surface area contributed by atoms with Crippen LogP contribution in [0.15, 0.2) is 47.6 Å². The first kappa shape index (κ1) is 23.1. The smallest absolute Gasteiger partial charge is 0.200 e. The molecule has 0 aliphatic heterocycles. The van der Waals surface area contributed by atoms with E-state index in [9.17, 15) is 22.0 Å². The molecule has 1 aromatic heterocycles. The van der Waals surface area contributed by atoms with Crippen molar-refractivity contribution >= 4 is 46.0 Å². The molecule has 0 saturated heterocycles. The number of rotatable bonds is 5. The van der Waals surface area contributed by atoms with Crippen LogP contribution in [0.5, 0.6) is 0 Å². The van der Waals surface area contributed by atoms with Gasteiger partial charge in [-0.2, -0.15) is 5.10 Å². The van der Waals surface area contributed by atoms with E-state index in [0.717, 1.165) is 22.2 Å². The second-order valence-electron chi connectivity index (χ2n) is 7.15. The topological polar surface area (TPSA) is 29.3 Å². The lowest BCUT2D eigenvalue weighted by atomic mass is 10.1. The van der Waals surface area contributed by atoms with Gasteiger partial charge in [0.25, 0.3) is 0 Å². The Bertz CT molecular complexity index is 1390. The Morgan fingerprint density at radius 3 is 2.21 bits per heavy atom. The van der Waals surface area contributed by atoms with Crippen molar-refractivity contribution in [3.8, 4) is 0 Å². The molecule has 1 N–H and O–H groups in total. The minimum Gasteiger partial charge on any atom is -0.340 e. The molecule has 33 heavy (non-hydrogen) atoms. The first-order valence-electron chi connectivity index (χ1n) is 9.53.